The summed E-state index contributed by atoms with van der Waals surface area (Å²) in [4.78, 5) is -0.0739. The Morgan fingerprint density at radius 3 is 2.48 bits per heavy atom. The van der Waals surface area contributed by atoms with Crippen molar-refractivity contribution < 1.29 is 17.2 Å². The summed E-state index contributed by atoms with van der Waals surface area (Å²) in [6.45, 7) is 0.00820. The van der Waals surface area contributed by atoms with Crippen LogP contribution in [0.4, 0.5) is 14.5 Å². The van der Waals surface area contributed by atoms with Crippen LogP contribution in [-0.2, 0) is 16.6 Å². The van der Waals surface area contributed by atoms with Gasteiger partial charge in [0.2, 0.25) is 0 Å². The highest BCUT2D eigenvalue weighted by molar-refractivity contribution is 9.10. The molecule has 0 radical (unpaired) electrons. The molecule has 2 rings (SSSR count). The summed E-state index contributed by atoms with van der Waals surface area (Å²) in [5, 5.41) is 0. The van der Waals surface area contributed by atoms with Crippen LogP contribution in [0.5, 0.6) is 0 Å². The first kappa shape index (κ1) is 15.9. The van der Waals surface area contributed by atoms with E-state index in [1.807, 2.05) is 4.72 Å². The lowest BCUT2D eigenvalue weighted by Gasteiger charge is -2.12. The lowest BCUT2D eigenvalue weighted by molar-refractivity contribution is 0.591. The predicted molar refractivity (Wildman–Crippen MR) is 79.2 cm³/mol. The van der Waals surface area contributed by atoms with E-state index in [0.29, 0.717) is 5.56 Å². The van der Waals surface area contributed by atoms with Crippen LogP contribution in [-0.4, -0.2) is 8.42 Å². The first-order chi connectivity index (χ1) is 9.85. The van der Waals surface area contributed by atoms with Gasteiger partial charge in [-0.15, -0.1) is 0 Å². The molecule has 0 bridgehead atoms. The van der Waals surface area contributed by atoms with Crippen molar-refractivity contribution in [3.05, 3.63) is 58.1 Å². The summed E-state index contributed by atoms with van der Waals surface area (Å²) in [7, 11) is -4.06. The highest BCUT2D eigenvalue weighted by atomic mass is 79.9. The standard InChI is InChI=1S/C13H11BrF2N2O2S/c14-9-5-11(16)12(6-10(9)15)18-21(19,20)13-4-2-1-3-8(13)7-17/h1-6,18H,7,17H2. The number of nitrogens with one attached hydrogen (secondary N) is 1. The molecule has 0 aliphatic rings. The summed E-state index contributed by atoms with van der Waals surface area (Å²) >= 11 is 2.82. The Bertz CT molecular complexity index is 782. The molecule has 2 aromatic rings. The molecule has 0 fully saturated rings. The molecule has 0 atom stereocenters. The Morgan fingerprint density at radius 1 is 1.14 bits per heavy atom. The fourth-order valence-corrected chi connectivity index (χ4v) is 3.36. The molecule has 0 aromatic heterocycles. The van der Waals surface area contributed by atoms with E-state index in [4.69, 9.17) is 5.73 Å². The number of hydrogen-bond acceptors (Lipinski definition) is 3. The van der Waals surface area contributed by atoms with Crippen LogP contribution < -0.4 is 10.5 Å². The van der Waals surface area contributed by atoms with Gasteiger partial charge in [0, 0.05) is 12.6 Å². The minimum atomic E-state index is -4.06. The molecule has 3 N–H and O–H groups in total. The lowest BCUT2D eigenvalue weighted by Crippen LogP contribution is -2.17. The van der Waals surface area contributed by atoms with Crippen molar-refractivity contribution in [3.63, 3.8) is 0 Å². The second kappa shape index (κ2) is 6.08. The minimum absolute atomic E-state index is 0.00820. The van der Waals surface area contributed by atoms with Gasteiger partial charge in [-0.1, -0.05) is 18.2 Å². The van der Waals surface area contributed by atoms with Crippen molar-refractivity contribution in [1.29, 1.82) is 0 Å². The van der Waals surface area contributed by atoms with Crippen molar-refractivity contribution in [2.24, 2.45) is 5.73 Å². The average Bonchev–Trinajstić information content (AvgIpc) is 2.44. The maximum absolute atomic E-state index is 13.7. The molecule has 2 aromatic carbocycles. The van der Waals surface area contributed by atoms with Crippen LogP contribution in [0, 0.1) is 11.6 Å². The molecule has 8 heteroatoms. The van der Waals surface area contributed by atoms with Crippen molar-refractivity contribution in [2.45, 2.75) is 11.4 Å². The monoisotopic (exact) mass is 376 g/mol. The molecule has 4 nitrogen and oxygen atoms in total. The van der Waals surface area contributed by atoms with Gasteiger partial charge in [0.15, 0.2) is 0 Å². The smallest absolute Gasteiger partial charge is 0.262 e. The maximum Gasteiger partial charge on any atom is 0.262 e. The number of anilines is 1. The Hall–Kier alpha value is -1.51. The first-order valence-electron chi connectivity index (χ1n) is 5.80. The highest BCUT2D eigenvalue weighted by Gasteiger charge is 2.20. The third-order valence-corrected chi connectivity index (χ3v) is 4.81. The number of sulfonamides is 1. The SMILES string of the molecule is NCc1ccccc1S(=O)(=O)Nc1cc(F)c(Br)cc1F. The van der Waals surface area contributed by atoms with Crippen LogP contribution in [0.25, 0.3) is 0 Å². The zero-order chi connectivity index (χ0) is 15.6. The van der Waals surface area contributed by atoms with E-state index in [9.17, 15) is 17.2 Å². The van der Waals surface area contributed by atoms with Crippen molar-refractivity contribution in [3.8, 4) is 0 Å². The number of rotatable bonds is 4. The van der Waals surface area contributed by atoms with Gasteiger partial charge in [-0.2, -0.15) is 0 Å². The zero-order valence-electron chi connectivity index (χ0n) is 10.6. The molecular weight excluding hydrogens is 366 g/mol. The van der Waals surface area contributed by atoms with E-state index in [2.05, 4.69) is 15.9 Å². The van der Waals surface area contributed by atoms with Gasteiger partial charge in [-0.25, -0.2) is 17.2 Å². The van der Waals surface area contributed by atoms with E-state index in [1.54, 1.807) is 12.1 Å². The Labute approximate surface area is 129 Å². The van der Waals surface area contributed by atoms with Gasteiger partial charge in [-0.05, 0) is 33.6 Å². The van der Waals surface area contributed by atoms with Crippen molar-refractivity contribution in [2.75, 3.05) is 4.72 Å². The minimum Gasteiger partial charge on any atom is -0.326 e. The van der Waals surface area contributed by atoms with Crippen LogP contribution >= 0.6 is 15.9 Å². The van der Waals surface area contributed by atoms with Gasteiger partial charge >= 0.3 is 0 Å². The molecule has 0 saturated carbocycles. The number of hydrogen-bond donors (Lipinski definition) is 2. The van der Waals surface area contributed by atoms with E-state index >= 15 is 0 Å². The summed E-state index contributed by atoms with van der Waals surface area (Å²) in [6, 6.07) is 7.67. The fraction of sp³-hybridized carbons (Fsp3) is 0.0769. The Kier molecular flexibility index (Phi) is 4.60. The van der Waals surface area contributed by atoms with E-state index < -0.39 is 27.3 Å². The predicted octanol–water partition coefficient (Wildman–Crippen LogP) is 2.99. The zero-order valence-corrected chi connectivity index (χ0v) is 13.0. The van der Waals surface area contributed by atoms with Gasteiger partial charge in [0.1, 0.15) is 11.6 Å². The fourth-order valence-electron chi connectivity index (χ4n) is 1.74. The van der Waals surface area contributed by atoms with Crippen LogP contribution in [0.15, 0.2) is 45.8 Å². The molecule has 112 valence electrons. The number of nitrogens with two attached hydrogens (primary N) is 1. The van der Waals surface area contributed by atoms with Crippen LogP contribution in [0.2, 0.25) is 0 Å². The molecule has 0 unspecified atom stereocenters. The summed E-state index contributed by atoms with van der Waals surface area (Å²) in [6.07, 6.45) is 0. The lowest BCUT2D eigenvalue weighted by atomic mass is 10.2. The molecule has 0 aliphatic heterocycles. The topological polar surface area (TPSA) is 72.2 Å². The number of halogens is 3. The van der Waals surface area contributed by atoms with E-state index in [1.165, 1.54) is 12.1 Å². The molecule has 0 heterocycles. The normalized spacial score (nSPS) is 11.4. The molecule has 0 amide bonds. The third kappa shape index (κ3) is 3.39. The maximum atomic E-state index is 13.7. The third-order valence-electron chi connectivity index (χ3n) is 2.74. The molecule has 21 heavy (non-hydrogen) atoms. The van der Waals surface area contributed by atoms with Gasteiger partial charge in [0.25, 0.3) is 10.0 Å². The van der Waals surface area contributed by atoms with E-state index in [-0.39, 0.29) is 15.9 Å². The average molecular weight is 377 g/mol. The van der Waals surface area contributed by atoms with Gasteiger partial charge in [-0.3, -0.25) is 4.72 Å². The van der Waals surface area contributed by atoms with Crippen LogP contribution in [0.1, 0.15) is 5.56 Å². The number of benzene rings is 2. The molecular formula is C13H11BrF2N2O2S. The Balaban J connectivity index is 2.45. The van der Waals surface area contributed by atoms with Crippen LogP contribution in [0.3, 0.4) is 0 Å². The quantitative estimate of drug-likeness (QED) is 0.805. The second-order valence-electron chi connectivity index (χ2n) is 4.16. The van der Waals surface area contributed by atoms with Gasteiger partial charge in [0.05, 0.1) is 15.1 Å². The Morgan fingerprint density at radius 2 is 1.81 bits per heavy atom. The van der Waals surface area contributed by atoms with Gasteiger partial charge < -0.3 is 5.73 Å². The van der Waals surface area contributed by atoms with E-state index in [0.717, 1.165) is 12.1 Å². The van der Waals surface area contributed by atoms with Crippen molar-refractivity contribution >= 4 is 31.6 Å². The molecule has 0 spiro atoms. The summed E-state index contributed by atoms with van der Waals surface area (Å²) < 4.78 is 53.6. The summed E-state index contributed by atoms with van der Waals surface area (Å²) in [5.74, 6) is -1.67. The largest absolute Gasteiger partial charge is 0.326 e. The first-order valence-corrected chi connectivity index (χ1v) is 8.08. The molecule has 0 saturated heterocycles. The molecule has 0 aliphatic carbocycles. The second-order valence-corrected chi connectivity index (χ2v) is 6.67. The highest BCUT2D eigenvalue weighted by Crippen LogP contribution is 2.26. The van der Waals surface area contributed by atoms with Crippen molar-refractivity contribution in [1.82, 2.24) is 0 Å². The summed E-state index contributed by atoms with van der Waals surface area (Å²) in [5.41, 5.74) is 5.39.